The highest BCUT2D eigenvalue weighted by molar-refractivity contribution is 7.91. The summed E-state index contributed by atoms with van der Waals surface area (Å²) in [6, 6.07) is 0.410. The fourth-order valence-corrected chi connectivity index (χ4v) is 4.36. The number of sulfonamides is 1. The Hall–Kier alpha value is -0.0900. The fraction of sp³-hybridized carbons (Fsp3) is 1.00. The van der Waals surface area contributed by atoms with Gasteiger partial charge in [0.2, 0.25) is 10.0 Å². The lowest BCUT2D eigenvalue weighted by Crippen LogP contribution is -2.23. The molecular formula is C6H9NO2S. The van der Waals surface area contributed by atoms with Crippen LogP contribution in [0.5, 0.6) is 0 Å². The van der Waals surface area contributed by atoms with Crippen molar-refractivity contribution in [3.63, 3.8) is 0 Å². The second-order valence-electron chi connectivity index (χ2n) is 3.62. The lowest BCUT2D eigenvalue weighted by atomic mass is 10.2. The van der Waals surface area contributed by atoms with Crippen molar-refractivity contribution in [1.82, 2.24) is 4.31 Å². The van der Waals surface area contributed by atoms with Gasteiger partial charge in [-0.25, -0.2) is 8.42 Å². The second kappa shape index (κ2) is 1.16. The van der Waals surface area contributed by atoms with E-state index in [9.17, 15) is 8.42 Å². The predicted molar refractivity (Wildman–Crippen MR) is 36.0 cm³/mol. The predicted octanol–water partition coefficient (Wildman–Crippen LogP) is -0.0633. The first-order valence-electron chi connectivity index (χ1n) is 3.67. The summed E-state index contributed by atoms with van der Waals surface area (Å²) in [5.74, 6) is 0. The summed E-state index contributed by atoms with van der Waals surface area (Å²) in [5, 5.41) is 0. The SMILES string of the molecule is O=S1(=O)N2CC2CC12CC2. The monoisotopic (exact) mass is 159 g/mol. The third kappa shape index (κ3) is 0.395. The molecule has 0 bridgehead atoms. The van der Waals surface area contributed by atoms with Crippen LogP contribution in [0.25, 0.3) is 0 Å². The lowest BCUT2D eigenvalue weighted by Gasteiger charge is -2.06. The van der Waals surface area contributed by atoms with Crippen molar-refractivity contribution < 1.29 is 8.42 Å². The van der Waals surface area contributed by atoms with Crippen LogP contribution in [0.15, 0.2) is 0 Å². The Labute approximate surface area is 60.1 Å². The van der Waals surface area contributed by atoms with E-state index in [0.717, 1.165) is 25.8 Å². The van der Waals surface area contributed by atoms with Gasteiger partial charge in [-0.2, -0.15) is 4.31 Å². The molecule has 2 saturated heterocycles. The van der Waals surface area contributed by atoms with Crippen molar-refractivity contribution in [3.8, 4) is 0 Å². The maximum absolute atomic E-state index is 11.4. The van der Waals surface area contributed by atoms with Gasteiger partial charge < -0.3 is 0 Å². The van der Waals surface area contributed by atoms with Crippen molar-refractivity contribution in [1.29, 1.82) is 0 Å². The van der Waals surface area contributed by atoms with Crippen molar-refractivity contribution in [2.45, 2.75) is 30.1 Å². The standard InChI is InChI=1S/C6H9NO2S/c8-10(9)6(1-2-6)3-5-4-7(5)10/h5H,1-4H2. The van der Waals surface area contributed by atoms with Crippen LogP contribution in [0.3, 0.4) is 0 Å². The third-order valence-electron chi connectivity index (χ3n) is 2.94. The molecule has 0 radical (unpaired) electrons. The summed E-state index contributed by atoms with van der Waals surface area (Å²) in [6.07, 6.45) is 2.76. The molecule has 3 aliphatic rings. The minimum Gasteiger partial charge on any atom is -0.212 e. The van der Waals surface area contributed by atoms with Gasteiger partial charge in [0.1, 0.15) is 0 Å². The summed E-state index contributed by atoms with van der Waals surface area (Å²) < 4.78 is 24.3. The van der Waals surface area contributed by atoms with Crippen molar-refractivity contribution in [2.24, 2.45) is 0 Å². The Kier molecular flexibility index (Phi) is 0.644. The molecule has 4 heteroatoms. The highest BCUT2D eigenvalue weighted by Gasteiger charge is 2.69. The minimum absolute atomic E-state index is 0.240. The molecule has 0 aromatic heterocycles. The summed E-state index contributed by atoms with van der Waals surface area (Å²) in [7, 11) is -2.78. The van der Waals surface area contributed by atoms with Gasteiger partial charge >= 0.3 is 0 Å². The zero-order valence-corrected chi connectivity index (χ0v) is 6.39. The van der Waals surface area contributed by atoms with Gasteiger partial charge in [0.05, 0.1) is 4.75 Å². The summed E-state index contributed by atoms with van der Waals surface area (Å²) >= 11 is 0. The molecule has 2 unspecified atom stereocenters. The molecule has 0 aromatic carbocycles. The maximum Gasteiger partial charge on any atom is 0.220 e. The molecule has 10 heavy (non-hydrogen) atoms. The first-order valence-corrected chi connectivity index (χ1v) is 5.11. The van der Waals surface area contributed by atoms with Crippen molar-refractivity contribution >= 4 is 10.0 Å². The van der Waals surface area contributed by atoms with E-state index < -0.39 is 10.0 Å². The number of hydrogen-bond acceptors (Lipinski definition) is 2. The van der Waals surface area contributed by atoms with Crippen LogP contribution in [-0.2, 0) is 10.0 Å². The van der Waals surface area contributed by atoms with Gasteiger partial charge in [-0.15, -0.1) is 0 Å². The molecule has 0 amide bonds. The molecule has 1 spiro atoms. The third-order valence-corrected chi connectivity index (χ3v) is 5.67. The molecule has 3 nitrogen and oxygen atoms in total. The quantitative estimate of drug-likeness (QED) is 0.464. The molecule has 2 atom stereocenters. The largest absolute Gasteiger partial charge is 0.220 e. The van der Waals surface area contributed by atoms with E-state index in [1.807, 2.05) is 0 Å². The first-order chi connectivity index (χ1) is 4.66. The molecule has 1 saturated carbocycles. The number of rotatable bonds is 0. The topological polar surface area (TPSA) is 37.1 Å². The van der Waals surface area contributed by atoms with E-state index in [2.05, 4.69) is 0 Å². The van der Waals surface area contributed by atoms with Crippen LogP contribution < -0.4 is 0 Å². The van der Waals surface area contributed by atoms with Gasteiger partial charge in [0.15, 0.2) is 0 Å². The maximum atomic E-state index is 11.4. The second-order valence-corrected chi connectivity index (χ2v) is 5.90. The molecule has 2 heterocycles. The van der Waals surface area contributed by atoms with Crippen LogP contribution in [0, 0.1) is 0 Å². The minimum atomic E-state index is -2.78. The molecule has 1 aliphatic carbocycles. The molecule has 0 N–H and O–H groups in total. The summed E-state index contributed by atoms with van der Waals surface area (Å²) in [6.45, 7) is 0.810. The number of hydrogen-bond donors (Lipinski definition) is 0. The van der Waals surface area contributed by atoms with Gasteiger partial charge in [0, 0.05) is 12.6 Å². The highest BCUT2D eigenvalue weighted by Crippen LogP contribution is 2.58. The zero-order chi connectivity index (χ0) is 6.98. The molecule has 56 valence electrons. The average Bonchev–Trinajstić information content (AvgIpc) is 2.63. The van der Waals surface area contributed by atoms with E-state index in [4.69, 9.17) is 0 Å². The molecule has 0 aromatic rings. The van der Waals surface area contributed by atoms with Gasteiger partial charge in [-0.1, -0.05) is 0 Å². The fourth-order valence-electron chi connectivity index (χ4n) is 2.01. The van der Waals surface area contributed by atoms with E-state index in [1.54, 1.807) is 4.31 Å². The van der Waals surface area contributed by atoms with Crippen molar-refractivity contribution in [3.05, 3.63) is 0 Å². The normalized spacial score (nSPS) is 50.8. The average molecular weight is 159 g/mol. The smallest absolute Gasteiger partial charge is 0.212 e. The molecular weight excluding hydrogens is 150 g/mol. The van der Waals surface area contributed by atoms with E-state index in [1.165, 1.54) is 0 Å². The Morgan fingerprint density at radius 1 is 1.40 bits per heavy atom. The number of fused-ring (bicyclic) bond motifs is 1. The molecule has 3 rings (SSSR count). The summed E-state index contributed by atoms with van der Waals surface area (Å²) in [5.41, 5.74) is 0. The molecule has 3 fully saturated rings. The Balaban J connectivity index is 2.18. The van der Waals surface area contributed by atoms with Crippen LogP contribution >= 0.6 is 0 Å². The lowest BCUT2D eigenvalue weighted by molar-refractivity contribution is 0.559. The zero-order valence-electron chi connectivity index (χ0n) is 5.58. The van der Waals surface area contributed by atoms with Crippen molar-refractivity contribution in [2.75, 3.05) is 6.54 Å². The van der Waals surface area contributed by atoms with E-state index in [0.29, 0.717) is 6.04 Å². The Bertz CT molecular complexity index is 291. The van der Waals surface area contributed by atoms with E-state index >= 15 is 0 Å². The number of nitrogens with zero attached hydrogens (tertiary/aromatic N) is 1. The van der Waals surface area contributed by atoms with E-state index in [-0.39, 0.29) is 4.75 Å². The first kappa shape index (κ1) is 5.55. The van der Waals surface area contributed by atoms with Gasteiger partial charge in [0.25, 0.3) is 0 Å². The van der Waals surface area contributed by atoms with Crippen LogP contribution in [-0.4, -0.2) is 30.1 Å². The highest BCUT2D eigenvalue weighted by atomic mass is 32.2. The Morgan fingerprint density at radius 2 is 2.10 bits per heavy atom. The Morgan fingerprint density at radius 3 is 2.40 bits per heavy atom. The molecule has 2 aliphatic heterocycles. The van der Waals surface area contributed by atoms with Crippen LogP contribution in [0.2, 0.25) is 0 Å². The van der Waals surface area contributed by atoms with Gasteiger partial charge in [-0.3, -0.25) is 0 Å². The van der Waals surface area contributed by atoms with Crippen LogP contribution in [0.4, 0.5) is 0 Å². The van der Waals surface area contributed by atoms with Crippen LogP contribution in [0.1, 0.15) is 19.3 Å². The van der Waals surface area contributed by atoms with Gasteiger partial charge in [-0.05, 0) is 19.3 Å². The summed E-state index contributed by atoms with van der Waals surface area (Å²) in [4.78, 5) is 0.